The molecule has 6 heteroatoms. The van der Waals surface area contributed by atoms with Gasteiger partial charge in [0.1, 0.15) is 0 Å². The number of halogens is 1. The van der Waals surface area contributed by atoms with Gasteiger partial charge in [-0.05, 0) is 51.5 Å². The zero-order valence-electron chi connectivity index (χ0n) is 12.5. The van der Waals surface area contributed by atoms with Gasteiger partial charge in [0.15, 0.2) is 0 Å². The number of carboxylic acid groups (broad SMARTS) is 1. The Hall–Kier alpha value is -0.810. The van der Waals surface area contributed by atoms with Crippen LogP contribution in [0.15, 0.2) is 0 Å². The van der Waals surface area contributed by atoms with Gasteiger partial charge in [-0.3, -0.25) is 14.5 Å². The number of aliphatic carboxylic acids is 1. The van der Waals surface area contributed by atoms with Gasteiger partial charge < -0.3 is 10.0 Å². The van der Waals surface area contributed by atoms with Crippen LogP contribution in [0.3, 0.4) is 0 Å². The van der Waals surface area contributed by atoms with E-state index in [4.69, 9.17) is 5.11 Å². The topological polar surface area (TPSA) is 60.9 Å². The Morgan fingerprint density at radius 2 is 1.90 bits per heavy atom. The van der Waals surface area contributed by atoms with Crippen LogP contribution in [0.4, 0.5) is 0 Å². The number of hydrogen-bond acceptors (Lipinski definition) is 3. The second-order valence-corrected chi connectivity index (χ2v) is 6.67. The van der Waals surface area contributed by atoms with Gasteiger partial charge in [-0.25, -0.2) is 0 Å². The molecule has 0 aromatic carbocycles. The van der Waals surface area contributed by atoms with Gasteiger partial charge in [0.05, 0.1) is 12.5 Å². The lowest BCUT2D eigenvalue weighted by Gasteiger charge is -2.31. The molecule has 120 valence electrons. The highest BCUT2D eigenvalue weighted by molar-refractivity contribution is 5.85. The molecule has 3 aliphatic rings. The van der Waals surface area contributed by atoms with Gasteiger partial charge >= 0.3 is 5.97 Å². The van der Waals surface area contributed by atoms with E-state index in [1.165, 1.54) is 12.8 Å². The lowest BCUT2D eigenvalue weighted by atomic mass is 10.1. The van der Waals surface area contributed by atoms with Crippen molar-refractivity contribution < 1.29 is 14.7 Å². The fourth-order valence-electron chi connectivity index (χ4n) is 3.37. The predicted octanol–water partition coefficient (Wildman–Crippen LogP) is 1.60. The molecule has 3 rings (SSSR count). The molecule has 2 atom stereocenters. The molecule has 1 saturated heterocycles. The van der Waals surface area contributed by atoms with Gasteiger partial charge in [0.2, 0.25) is 5.91 Å². The minimum atomic E-state index is -0.731. The van der Waals surface area contributed by atoms with Crippen molar-refractivity contribution >= 4 is 24.3 Å². The number of amides is 1. The van der Waals surface area contributed by atoms with Crippen molar-refractivity contribution in [2.75, 3.05) is 19.6 Å². The Morgan fingerprint density at radius 3 is 2.38 bits per heavy atom. The highest BCUT2D eigenvalue weighted by atomic mass is 35.5. The number of rotatable bonds is 6. The van der Waals surface area contributed by atoms with Crippen LogP contribution in [0.5, 0.6) is 0 Å². The van der Waals surface area contributed by atoms with Gasteiger partial charge in [0.25, 0.3) is 0 Å². The summed E-state index contributed by atoms with van der Waals surface area (Å²) in [5, 5.41) is 9.02. The minimum absolute atomic E-state index is 0. The molecule has 2 aliphatic carbocycles. The Bertz CT molecular complexity index is 410. The van der Waals surface area contributed by atoms with E-state index in [1.54, 1.807) is 0 Å². The second kappa shape index (κ2) is 6.53. The summed E-state index contributed by atoms with van der Waals surface area (Å²) in [6.45, 7) is 3.84. The molecule has 0 aromatic heterocycles. The Labute approximate surface area is 132 Å². The zero-order valence-corrected chi connectivity index (χ0v) is 13.3. The molecule has 2 saturated carbocycles. The molecule has 0 spiro atoms. The Balaban J connectivity index is 0.00000161. The molecule has 2 unspecified atom stereocenters. The summed E-state index contributed by atoms with van der Waals surface area (Å²) in [4.78, 5) is 27.6. The average molecular weight is 317 g/mol. The summed E-state index contributed by atoms with van der Waals surface area (Å²) in [6.07, 6.45) is 5.45. The third-order valence-electron chi connectivity index (χ3n) is 4.95. The second-order valence-electron chi connectivity index (χ2n) is 6.67. The van der Waals surface area contributed by atoms with Gasteiger partial charge in [-0.15, -0.1) is 12.4 Å². The summed E-state index contributed by atoms with van der Waals surface area (Å²) in [5.41, 5.74) is 0. The third-order valence-corrected chi connectivity index (χ3v) is 4.95. The fourth-order valence-corrected chi connectivity index (χ4v) is 3.37. The van der Waals surface area contributed by atoms with Gasteiger partial charge in [0, 0.05) is 18.6 Å². The van der Waals surface area contributed by atoms with Crippen LogP contribution in [-0.2, 0) is 9.59 Å². The first-order chi connectivity index (χ1) is 9.56. The minimum Gasteiger partial charge on any atom is -0.481 e. The van der Waals surface area contributed by atoms with Crippen LogP contribution in [0.25, 0.3) is 0 Å². The maximum atomic E-state index is 12.6. The van der Waals surface area contributed by atoms with Crippen molar-refractivity contribution in [1.29, 1.82) is 0 Å². The fraction of sp³-hybridized carbons (Fsp3) is 0.867. The molecular formula is C15H25ClN2O3. The molecule has 21 heavy (non-hydrogen) atoms. The maximum absolute atomic E-state index is 12.6. The van der Waals surface area contributed by atoms with E-state index in [-0.39, 0.29) is 24.2 Å². The van der Waals surface area contributed by atoms with Crippen LogP contribution >= 0.6 is 12.4 Å². The van der Waals surface area contributed by atoms with Crippen molar-refractivity contribution in [1.82, 2.24) is 9.80 Å². The first kappa shape index (κ1) is 16.6. The van der Waals surface area contributed by atoms with E-state index in [0.29, 0.717) is 37.5 Å². The van der Waals surface area contributed by atoms with E-state index >= 15 is 0 Å². The molecule has 0 radical (unpaired) electrons. The number of carbonyl (C=O) groups excluding carboxylic acids is 1. The van der Waals surface area contributed by atoms with E-state index in [1.807, 2.05) is 4.90 Å². The Kier molecular flexibility index (Phi) is 5.15. The van der Waals surface area contributed by atoms with E-state index in [9.17, 15) is 9.59 Å². The molecule has 3 fully saturated rings. The third kappa shape index (κ3) is 3.89. The van der Waals surface area contributed by atoms with Gasteiger partial charge in [-0.2, -0.15) is 0 Å². The molecule has 1 aliphatic heterocycles. The molecule has 5 nitrogen and oxygen atoms in total. The van der Waals surface area contributed by atoms with Gasteiger partial charge in [-0.1, -0.05) is 0 Å². The SMILES string of the molecule is CC(C1CC1)N(C(=O)CN1CCC(C(=O)O)C1)C1CC1.Cl. The van der Waals surface area contributed by atoms with Crippen LogP contribution in [-0.4, -0.2) is 58.5 Å². The summed E-state index contributed by atoms with van der Waals surface area (Å²) >= 11 is 0. The van der Waals surface area contributed by atoms with Crippen molar-refractivity contribution in [2.24, 2.45) is 11.8 Å². The highest BCUT2D eigenvalue weighted by Crippen LogP contribution is 2.39. The summed E-state index contributed by atoms with van der Waals surface area (Å²) < 4.78 is 0. The van der Waals surface area contributed by atoms with Crippen molar-refractivity contribution in [2.45, 2.75) is 51.1 Å². The molecule has 0 bridgehead atoms. The van der Waals surface area contributed by atoms with Crippen molar-refractivity contribution in [3.8, 4) is 0 Å². The van der Waals surface area contributed by atoms with Crippen LogP contribution in [0, 0.1) is 11.8 Å². The highest BCUT2D eigenvalue weighted by Gasteiger charge is 2.42. The number of nitrogens with zero attached hydrogens (tertiary/aromatic N) is 2. The largest absolute Gasteiger partial charge is 0.481 e. The van der Waals surface area contributed by atoms with E-state index < -0.39 is 5.97 Å². The molecule has 1 N–H and O–H groups in total. The number of carbonyl (C=O) groups is 2. The Morgan fingerprint density at radius 1 is 1.24 bits per heavy atom. The first-order valence-corrected chi connectivity index (χ1v) is 7.82. The smallest absolute Gasteiger partial charge is 0.307 e. The summed E-state index contributed by atoms with van der Waals surface area (Å²) in [6, 6.07) is 0.823. The quantitative estimate of drug-likeness (QED) is 0.808. The lowest BCUT2D eigenvalue weighted by molar-refractivity contribution is -0.142. The summed E-state index contributed by atoms with van der Waals surface area (Å²) in [7, 11) is 0. The monoisotopic (exact) mass is 316 g/mol. The van der Waals surface area contributed by atoms with Crippen molar-refractivity contribution in [3.63, 3.8) is 0 Å². The van der Waals surface area contributed by atoms with Crippen LogP contribution < -0.4 is 0 Å². The maximum Gasteiger partial charge on any atom is 0.307 e. The van der Waals surface area contributed by atoms with E-state index in [2.05, 4.69) is 11.8 Å². The van der Waals surface area contributed by atoms with E-state index in [0.717, 1.165) is 19.4 Å². The lowest BCUT2D eigenvalue weighted by Crippen LogP contribution is -2.46. The van der Waals surface area contributed by atoms with Crippen molar-refractivity contribution in [3.05, 3.63) is 0 Å². The summed E-state index contributed by atoms with van der Waals surface area (Å²) in [5.74, 6) is -0.119. The number of carboxylic acids is 1. The normalized spacial score (nSPS) is 27.0. The standard InChI is InChI=1S/C15H24N2O3.ClH/c1-10(11-2-3-11)17(13-4-5-13)14(18)9-16-7-6-12(8-16)15(19)20;/h10-13H,2-9H2,1H3,(H,19,20);1H. The number of hydrogen-bond donors (Lipinski definition) is 1. The molecular weight excluding hydrogens is 292 g/mol. The molecule has 1 heterocycles. The number of likely N-dealkylation sites (tertiary alicyclic amines) is 1. The molecule has 0 aromatic rings. The average Bonchev–Trinajstić information content (AvgIpc) is 3.28. The first-order valence-electron chi connectivity index (χ1n) is 7.82. The van der Waals surface area contributed by atoms with Crippen LogP contribution in [0.2, 0.25) is 0 Å². The van der Waals surface area contributed by atoms with Crippen LogP contribution in [0.1, 0.15) is 39.0 Å². The predicted molar refractivity (Wildman–Crippen MR) is 81.5 cm³/mol. The molecule has 1 amide bonds. The zero-order chi connectivity index (χ0) is 14.3.